The van der Waals surface area contributed by atoms with Gasteiger partial charge >= 0.3 is 0 Å². The molecule has 0 saturated heterocycles. The van der Waals surface area contributed by atoms with Crippen LogP contribution in [0.1, 0.15) is 18.9 Å². The van der Waals surface area contributed by atoms with Crippen molar-refractivity contribution in [3.63, 3.8) is 0 Å². The Hall–Kier alpha value is -2.46. The number of aliphatic hydroxyl groups excluding tert-OH is 1. The number of aryl methyl sites for hydroxylation is 1. The van der Waals surface area contributed by atoms with Crippen molar-refractivity contribution in [2.75, 3.05) is 0 Å². The molecule has 3 aromatic rings. The Morgan fingerprint density at radius 1 is 1.18 bits per heavy atom. The van der Waals surface area contributed by atoms with Gasteiger partial charge in [0.05, 0.1) is 11.8 Å². The van der Waals surface area contributed by atoms with Gasteiger partial charge in [-0.1, -0.05) is 18.2 Å². The van der Waals surface area contributed by atoms with E-state index in [4.69, 9.17) is 0 Å². The maximum Gasteiger partial charge on any atom is 0.259 e. The first-order valence-electron chi connectivity index (χ1n) is 7.40. The van der Waals surface area contributed by atoms with E-state index in [2.05, 4.69) is 4.98 Å². The Morgan fingerprint density at radius 2 is 1.95 bits per heavy atom. The Kier molecular flexibility index (Phi) is 4.02. The first-order chi connectivity index (χ1) is 10.7. The van der Waals surface area contributed by atoms with E-state index in [0.717, 1.165) is 11.1 Å². The number of benzene rings is 1. The van der Waals surface area contributed by atoms with Crippen molar-refractivity contribution in [2.24, 2.45) is 0 Å². The summed E-state index contributed by atoms with van der Waals surface area (Å²) in [5, 5.41) is 10.4. The van der Waals surface area contributed by atoms with Crippen LogP contribution in [0.3, 0.4) is 0 Å². The molecule has 2 heterocycles. The summed E-state index contributed by atoms with van der Waals surface area (Å²) in [5.74, 6) is 0. The lowest BCUT2D eigenvalue weighted by Gasteiger charge is -2.12. The summed E-state index contributed by atoms with van der Waals surface area (Å²) >= 11 is 0. The minimum atomic E-state index is -0.422. The van der Waals surface area contributed by atoms with E-state index in [0.29, 0.717) is 24.1 Å². The largest absolute Gasteiger partial charge is 0.393 e. The predicted molar refractivity (Wildman–Crippen MR) is 87.3 cm³/mol. The van der Waals surface area contributed by atoms with E-state index in [-0.39, 0.29) is 5.56 Å². The van der Waals surface area contributed by atoms with Crippen molar-refractivity contribution in [1.82, 2.24) is 9.55 Å². The molecule has 0 saturated carbocycles. The average Bonchev–Trinajstić information content (AvgIpc) is 2.53. The zero-order valence-corrected chi connectivity index (χ0v) is 12.4. The number of rotatable bonds is 4. The standard InChI is InChI=1S/C18H18N2O2/c1-13(21)9-10-15-12-14-6-5-11-19-17(14)20(18(15)22)16-7-3-2-4-8-16/h2-8,11-13,21H,9-10H2,1H3. The quantitative estimate of drug-likeness (QED) is 0.805. The van der Waals surface area contributed by atoms with Crippen molar-refractivity contribution in [3.05, 3.63) is 70.6 Å². The number of hydrogen-bond donors (Lipinski definition) is 1. The topological polar surface area (TPSA) is 55.1 Å². The number of para-hydroxylation sites is 1. The molecule has 4 heteroatoms. The van der Waals surface area contributed by atoms with Crippen LogP contribution in [0.4, 0.5) is 0 Å². The van der Waals surface area contributed by atoms with Gasteiger partial charge in [-0.3, -0.25) is 9.36 Å². The molecule has 0 aliphatic rings. The van der Waals surface area contributed by atoms with Crippen LogP contribution in [-0.2, 0) is 6.42 Å². The minimum absolute atomic E-state index is 0.0712. The van der Waals surface area contributed by atoms with Gasteiger partial charge < -0.3 is 5.11 Å². The second-order valence-electron chi connectivity index (χ2n) is 5.45. The molecule has 4 nitrogen and oxygen atoms in total. The molecule has 0 aliphatic carbocycles. The third kappa shape index (κ3) is 2.78. The maximum absolute atomic E-state index is 12.8. The van der Waals surface area contributed by atoms with Crippen LogP contribution in [-0.4, -0.2) is 20.8 Å². The molecule has 112 valence electrons. The molecule has 2 aromatic heterocycles. The third-order valence-electron chi connectivity index (χ3n) is 3.68. The Morgan fingerprint density at radius 3 is 2.68 bits per heavy atom. The molecule has 1 N–H and O–H groups in total. The Bertz CT molecular complexity index is 839. The molecular weight excluding hydrogens is 276 g/mol. The molecule has 0 fully saturated rings. The summed E-state index contributed by atoms with van der Waals surface area (Å²) in [6.45, 7) is 1.73. The number of pyridine rings is 2. The summed E-state index contributed by atoms with van der Waals surface area (Å²) in [5.41, 5.74) is 2.08. The van der Waals surface area contributed by atoms with Gasteiger partial charge in [0.2, 0.25) is 0 Å². The molecule has 0 spiro atoms. The van der Waals surface area contributed by atoms with E-state index in [1.165, 1.54) is 0 Å². The highest BCUT2D eigenvalue weighted by molar-refractivity contribution is 5.77. The van der Waals surface area contributed by atoms with Gasteiger partial charge in [0.15, 0.2) is 0 Å². The normalized spacial score (nSPS) is 12.5. The van der Waals surface area contributed by atoms with Crippen LogP contribution in [0.2, 0.25) is 0 Å². The van der Waals surface area contributed by atoms with Crippen LogP contribution in [0.15, 0.2) is 59.5 Å². The van der Waals surface area contributed by atoms with E-state index in [1.54, 1.807) is 17.7 Å². The van der Waals surface area contributed by atoms with Gasteiger partial charge in [0.1, 0.15) is 5.65 Å². The fourth-order valence-corrected chi connectivity index (χ4v) is 2.56. The molecule has 22 heavy (non-hydrogen) atoms. The van der Waals surface area contributed by atoms with Crippen LogP contribution in [0.5, 0.6) is 0 Å². The molecule has 0 bridgehead atoms. The minimum Gasteiger partial charge on any atom is -0.393 e. The SMILES string of the molecule is CC(O)CCc1cc2cccnc2n(-c2ccccc2)c1=O. The second kappa shape index (κ2) is 6.12. The number of nitrogens with zero attached hydrogens (tertiary/aromatic N) is 2. The van der Waals surface area contributed by atoms with E-state index in [9.17, 15) is 9.90 Å². The lowest BCUT2D eigenvalue weighted by molar-refractivity contribution is 0.185. The first-order valence-corrected chi connectivity index (χ1v) is 7.40. The number of hydrogen-bond acceptors (Lipinski definition) is 3. The van der Waals surface area contributed by atoms with Crippen molar-refractivity contribution in [2.45, 2.75) is 25.9 Å². The van der Waals surface area contributed by atoms with Crippen LogP contribution >= 0.6 is 0 Å². The molecule has 0 radical (unpaired) electrons. The number of aliphatic hydroxyl groups is 1. The van der Waals surface area contributed by atoms with Gasteiger partial charge in [0.25, 0.3) is 5.56 Å². The highest BCUT2D eigenvalue weighted by atomic mass is 16.3. The second-order valence-corrected chi connectivity index (χ2v) is 5.45. The van der Waals surface area contributed by atoms with E-state index < -0.39 is 6.10 Å². The number of fused-ring (bicyclic) bond motifs is 1. The van der Waals surface area contributed by atoms with Crippen molar-refractivity contribution >= 4 is 11.0 Å². The van der Waals surface area contributed by atoms with Gasteiger partial charge in [0, 0.05) is 17.1 Å². The third-order valence-corrected chi connectivity index (χ3v) is 3.68. The highest BCUT2D eigenvalue weighted by Crippen LogP contribution is 2.16. The van der Waals surface area contributed by atoms with Gasteiger partial charge in [-0.15, -0.1) is 0 Å². The lowest BCUT2D eigenvalue weighted by Crippen LogP contribution is -2.24. The summed E-state index contributed by atoms with van der Waals surface area (Å²) < 4.78 is 1.65. The summed E-state index contributed by atoms with van der Waals surface area (Å²) in [4.78, 5) is 17.2. The first kappa shape index (κ1) is 14.5. The number of aromatic nitrogens is 2. The summed E-state index contributed by atoms with van der Waals surface area (Å²) in [6, 6.07) is 15.2. The molecule has 1 atom stereocenters. The smallest absolute Gasteiger partial charge is 0.259 e. The molecular formula is C18H18N2O2. The van der Waals surface area contributed by atoms with Crippen LogP contribution in [0, 0.1) is 0 Å². The van der Waals surface area contributed by atoms with Gasteiger partial charge in [-0.2, -0.15) is 0 Å². The van der Waals surface area contributed by atoms with Crippen LogP contribution < -0.4 is 5.56 Å². The average molecular weight is 294 g/mol. The van der Waals surface area contributed by atoms with Crippen molar-refractivity contribution in [1.29, 1.82) is 0 Å². The molecule has 1 unspecified atom stereocenters. The molecule has 0 aliphatic heterocycles. The lowest BCUT2D eigenvalue weighted by atomic mass is 10.1. The maximum atomic E-state index is 12.8. The summed E-state index contributed by atoms with van der Waals surface area (Å²) in [6.07, 6.45) is 2.38. The zero-order chi connectivity index (χ0) is 15.5. The monoisotopic (exact) mass is 294 g/mol. The van der Waals surface area contributed by atoms with Crippen molar-refractivity contribution < 1.29 is 5.11 Å². The summed E-state index contributed by atoms with van der Waals surface area (Å²) in [7, 11) is 0. The fourth-order valence-electron chi connectivity index (χ4n) is 2.56. The molecule has 0 amide bonds. The highest BCUT2D eigenvalue weighted by Gasteiger charge is 2.12. The van der Waals surface area contributed by atoms with Gasteiger partial charge in [-0.25, -0.2) is 4.98 Å². The van der Waals surface area contributed by atoms with Crippen LogP contribution in [0.25, 0.3) is 16.7 Å². The Labute approximate surface area is 128 Å². The molecule has 1 aromatic carbocycles. The Balaban J connectivity index is 2.24. The van der Waals surface area contributed by atoms with Gasteiger partial charge in [-0.05, 0) is 50.1 Å². The van der Waals surface area contributed by atoms with E-state index >= 15 is 0 Å². The fraction of sp³-hybridized carbons (Fsp3) is 0.222. The molecule has 3 rings (SSSR count). The zero-order valence-electron chi connectivity index (χ0n) is 12.4. The van der Waals surface area contributed by atoms with E-state index in [1.807, 2.05) is 48.5 Å². The predicted octanol–water partition coefficient (Wildman–Crippen LogP) is 2.70. The van der Waals surface area contributed by atoms with Crippen molar-refractivity contribution in [3.8, 4) is 5.69 Å².